The number of para-hydroxylation sites is 1. The van der Waals surface area contributed by atoms with Crippen LogP contribution in [0, 0.1) is 0 Å². The molecule has 0 amide bonds. The van der Waals surface area contributed by atoms with Gasteiger partial charge in [0.15, 0.2) is 11.7 Å². The average Bonchev–Trinajstić information content (AvgIpc) is 3.28. The van der Waals surface area contributed by atoms with Crippen LogP contribution in [0.4, 0.5) is 0 Å². The number of likely N-dealkylation sites (tertiary alicyclic amines) is 1. The molecular formula is C24H38IN5O2. The second kappa shape index (κ2) is 13.7. The first-order chi connectivity index (χ1) is 15.1. The number of hydrogen-bond acceptors (Lipinski definition) is 5. The second-order valence-corrected chi connectivity index (χ2v) is 8.30. The first-order valence-electron chi connectivity index (χ1n) is 11.5. The first kappa shape index (κ1) is 26.4. The van der Waals surface area contributed by atoms with Gasteiger partial charge in [0.1, 0.15) is 12.3 Å². The van der Waals surface area contributed by atoms with Crippen molar-refractivity contribution >= 4 is 29.9 Å². The minimum atomic E-state index is 0. The topological polar surface area (TPSA) is 74.9 Å². The molecule has 2 aromatic rings. The fourth-order valence-electron chi connectivity index (χ4n) is 3.98. The van der Waals surface area contributed by atoms with Crippen molar-refractivity contribution in [1.29, 1.82) is 0 Å². The SMILES string of the molecule is CCNC(=NCc1cc(C(C)C)no1)NCC(c1ccccc1OC)N1CCCCC1.I. The predicted molar refractivity (Wildman–Crippen MR) is 140 cm³/mol. The summed E-state index contributed by atoms with van der Waals surface area (Å²) in [7, 11) is 1.74. The molecule has 1 aromatic heterocycles. The first-order valence-corrected chi connectivity index (χ1v) is 11.5. The van der Waals surface area contributed by atoms with Gasteiger partial charge in [-0.3, -0.25) is 4.90 Å². The Balaban J connectivity index is 0.00000363. The van der Waals surface area contributed by atoms with Gasteiger partial charge in [-0.15, -0.1) is 24.0 Å². The number of rotatable bonds is 9. The van der Waals surface area contributed by atoms with Crippen molar-refractivity contribution in [2.45, 2.75) is 58.5 Å². The van der Waals surface area contributed by atoms with Gasteiger partial charge in [0.2, 0.25) is 0 Å². The maximum atomic E-state index is 5.68. The smallest absolute Gasteiger partial charge is 0.191 e. The van der Waals surface area contributed by atoms with E-state index in [1.54, 1.807) is 7.11 Å². The maximum absolute atomic E-state index is 5.68. The van der Waals surface area contributed by atoms with Crippen molar-refractivity contribution < 1.29 is 9.26 Å². The average molecular weight is 556 g/mol. The molecule has 0 bridgehead atoms. The lowest BCUT2D eigenvalue weighted by Crippen LogP contribution is -2.44. The van der Waals surface area contributed by atoms with Crippen molar-refractivity contribution in [3.8, 4) is 5.75 Å². The number of benzene rings is 1. The number of aromatic nitrogens is 1. The lowest BCUT2D eigenvalue weighted by molar-refractivity contribution is 0.161. The van der Waals surface area contributed by atoms with Gasteiger partial charge in [-0.05, 0) is 44.8 Å². The summed E-state index contributed by atoms with van der Waals surface area (Å²) in [5.74, 6) is 2.84. The lowest BCUT2D eigenvalue weighted by atomic mass is 10.0. The highest BCUT2D eigenvalue weighted by atomic mass is 127. The number of nitrogens with one attached hydrogen (secondary N) is 2. The molecule has 178 valence electrons. The maximum Gasteiger partial charge on any atom is 0.191 e. The zero-order chi connectivity index (χ0) is 22.1. The van der Waals surface area contributed by atoms with E-state index >= 15 is 0 Å². The Morgan fingerprint density at radius 1 is 1.19 bits per heavy atom. The molecular weight excluding hydrogens is 517 g/mol. The molecule has 7 nitrogen and oxygen atoms in total. The third-order valence-electron chi connectivity index (χ3n) is 5.70. The molecule has 2 N–H and O–H groups in total. The van der Waals surface area contributed by atoms with E-state index in [9.17, 15) is 0 Å². The fraction of sp³-hybridized carbons (Fsp3) is 0.583. The van der Waals surface area contributed by atoms with Gasteiger partial charge in [0.05, 0.1) is 18.8 Å². The monoisotopic (exact) mass is 555 g/mol. The van der Waals surface area contributed by atoms with Crippen LogP contribution < -0.4 is 15.4 Å². The number of piperidine rings is 1. The number of ether oxygens (including phenoxy) is 1. The van der Waals surface area contributed by atoms with Crippen LogP contribution in [0.5, 0.6) is 5.75 Å². The molecule has 3 rings (SSSR count). The molecule has 1 unspecified atom stereocenters. The zero-order valence-corrected chi connectivity index (χ0v) is 22.1. The van der Waals surface area contributed by atoms with Gasteiger partial charge in [-0.25, -0.2) is 4.99 Å². The van der Waals surface area contributed by atoms with Gasteiger partial charge < -0.3 is 19.9 Å². The van der Waals surface area contributed by atoms with E-state index in [1.807, 2.05) is 18.2 Å². The van der Waals surface area contributed by atoms with E-state index in [0.29, 0.717) is 12.5 Å². The molecule has 32 heavy (non-hydrogen) atoms. The van der Waals surface area contributed by atoms with Crippen LogP contribution in [-0.4, -0.2) is 49.3 Å². The molecule has 1 aromatic carbocycles. The molecule has 8 heteroatoms. The van der Waals surface area contributed by atoms with Crippen molar-refractivity contribution in [3.05, 3.63) is 47.3 Å². The third-order valence-corrected chi connectivity index (χ3v) is 5.70. The number of methoxy groups -OCH3 is 1. The van der Waals surface area contributed by atoms with Crippen LogP contribution in [0.15, 0.2) is 39.8 Å². The van der Waals surface area contributed by atoms with Gasteiger partial charge in [-0.2, -0.15) is 0 Å². The fourth-order valence-corrected chi connectivity index (χ4v) is 3.98. The van der Waals surface area contributed by atoms with Crippen LogP contribution in [0.25, 0.3) is 0 Å². The Labute approximate surface area is 209 Å². The number of aliphatic imine (C=N–C) groups is 1. The van der Waals surface area contributed by atoms with E-state index in [0.717, 1.165) is 49.3 Å². The second-order valence-electron chi connectivity index (χ2n) is 8.30. The Kier molecular flexibility index (Phi) is 11.3. The molecule has 0 radical (unpaired) electrons. The van der Waals surface area contributed by atoms with Crippen molar-refractivity contribution in [3.63, 3.8) is 0 Å². The van der Waals surface area contributed by atoms with E-state index in [2.05, 4.69) is 53.6 Å². The molecule has 1 atom stereocenters. The summed E-state index contributed by atoms with van der Waals surface area (Å²) in [4.78, 5) is 7.28. The van der Waals surface area contributed by atoms with Crippen molar-refractivity contribution in [2.24, 2.45) is 4.99 Å². The number of halogens is 1. The summed E-state index contributed by atoms with van der Waals surface area (Å²) in [5, 5.41) is 11.0. The summed E-state index contributed by atoms with van der Waals surface area (Å²) >= 11 is 0. The Morgan fingerprint density at radius 3 is 2.59 bits per heavy atom. The highest BCUT2D eigenvalue weighted by molar-refractivity contribution is 14.0. The normalized spacial score (nSPS) is 15.8. The van der Waals surface area contributed by atoms with Crippen LogP contribution in [0.2, 0.25) is 0 Å². The lowest BCUT2D eigenvalue weighted by Gasteiger charge is -2.35. The van der Waals surface area contributed by atoms with Crippen molar-refractivity contribution in [2.75, 3.05) is 33.3 Å². The highest BCUT2D eigenvalue weighted by Gasteiger charge is 2.25. The summed E-state index contributed by atoms with van der Waals surface area (Å²) in [5.41, 5.74) is 2.18. The van der Waals surface area contributed by atoms with Crippen LogP contribution in [0.3, 0.4) is 0 Å². The molecule has 0 aliphatic carbocycles. The highest BCUT2D eigenvalue weighted by Crippen LogP contribution is 2.30. The minimum Gasteiger partial charge on any atom is -0.496 e. The standard InChI is InChI=1S/C24H37N5O2.HI/c1-5-25-24(26-16-19-15-21(18(2)3)28-31-19)27-17-22(29-13-9-6-10-14-29)20-11-7-8-12-23(20)30-4;/h7-8,11-12,15,18,22H,5-6,9-10,13-14,16-17H2,1-4H3,(H2,25,26,27);1H. The summed E-state index contributed by atoms with van der Waals surface area (Å²) < 4.78 is 11.1. The van der Waals surface area contributed by atoms with E-state index in [4.69, 9.17) is 14.3 Å². The van der Waals surface area contributed by atoms with Crippen molar-refractivity contribution in [1.82, 2.24) is 20.7 Å². The molecule has 1 saturated heterocycles. The van der Waals surface area contributed by atoms with E-state index in [-0.39, 0.29) is 30.0 Å². The minimum absolute atomic E-state index is 0. The van der Waals surface area contributed by atoms with Gasteiger partial charge in [0, 0.05) is 24.7 Å². The molecule has 0 spiro atoms. The molecule has 2 heterocycles. The summed E-state index contributed by atoms with van der Waals surface area (Å²) in [6.45, 7) is 10.5. The van der Waals surface area contributed by atoms with Gasteiger partial charge in [0.25, 0.3) is 0 Å². The third kappa shape index (κ3) is 7.37. The largest absolute Gasteiger partial charge is 0.496 e. The number of hydrogen-bond donors (Lipinski definition) is 2. The van der Waals surface area contributed by atoms with Crippen LogP contribution >= 0.6 is 24.0 Å². The Hall–Kier alpha value is -1.81. The van der Waals surface area contributed by atoms with E-state index in [1.165, 1.54) is 24.8 Å². The Bertz CT molecular complexity index is 833. The molecule has 0 saturated carbocycles. The van der Waals surface area contributed by atoms with Gasteiger partial charge in [-0.1, -0.05) is 43.6 Å². The predicted octanol–water partition coefficient (Wildman–Crippen LogP) is 4.71. The number of nitrogens with zero attached hydrogens (tertiary/aromatic N) is 3. The zero-order valence-electron chi connectivity index (χ0n) is 19.8. The molecule has 1 aliphatic rings. The summed E-state index contributed by atoms with van der Waals surface area (Å²) in [6.07, 6.45) is 3.79. The molecule has 1 aliphatic heterocycles. The number of guanidine groups is 1. The van der Waals surface area contributed by atoms with Crippen LogP contribution in [0.1, 0.15) is 69.0 Å². The Morgan fingerprint density at radius 2 is 1.94 bits per heavy atom. The van der Waals surface area contributed by atoms with Gasteiger partial charge >= 0.3 is 0 Å². The quantitative estimate of drug-likeness (QED) is 0.265. The van der Waals surface area contributed by atoms with Crippen LogP contribution in [-0.2, 0) is 6.54 Å². The molecule has 1 fully saturated rings. The summed E-state index contributed by atoms with van der Waals surface area (Å²) in [6, 6.07) is 10.5. The van der Waals surface area contributed by atoms with E-state index < -0.39 is 0 Å².